The third kappa shape index (κ3) is 3.72. The second-order valence-electron chi connectivity index (χ2n) is 6.09. The molecule has 0 radical (unpaired) electrons. The van der Waals surface area contributed by atoms with E-state index >= 15 is 0 Å². The van der Waals surface area contributed by atoms with E-state index in [0.29, 0.717) is 21.2 Å². The molecule has 140 valence electrons. The van der Waals surface area contributed by atoms with Gasteiger partial charge in [-0.05, 0) is 19.4 Å². The number of nitrogens with zero attached hydrogens (tertiary/aromatic N) is 2. The molecule has 5 nitrogen and oxygen atoms in total. The zero-order valence-electron chi connectivity index (χ0n) is 14.2. The minimum atomic E-state index is -0.830. The van der Waals surface area contributed by atoms with Crippen molar-refractivity contribution >= 4 is 45.3 Å². The summed E-state index contributed by atoms with van der Waals surface area (Å²) >= 11 is 7.63. The number of ether oxygens (including phenoxy) is 1. The maximum Gasteiger partial charge on any atom is 0.198 e. The molecule has 0 fully saturated rings. The smallest absolute Gasteiger partial charge is 0.198 e. The highest BCUT2D eigenvalue weighted by atomic mass is 35.5. The first-order valence-corrected chi connectivity index (χ1v) is 9.63. The lowest BCUT2D eigenvalue weighted by Gasteiger charge is -2.18. The van der Waals surface area contributed by atoms with Crippen LogP contribution in [0.25, 0.3) is 11.0 Å². The van der Waals surface area contributed by atoms with Gasteiger partial charge in [-0.15, -0.1) is 0 Å². The summed E-state index contributed by atoms with van der Waals surface area (Å²) in [6, 6.07) is 4.05. The van der Waals surface area contributed by atoms with Crippen LogP contribution in [0.4, 0.5) is 14.5 Å². The molecule has 3 heterocycles. The lowest BCUT2D eigenvalue weighted by atomic mass is 10.2. The van der Waals surface area contributed by atoms with Crippen molar-refractivity contribution < 1.29 is 13.5 Å². The number of rotatable bonds is 3. The van der Waals surface area contributed by atoms with E-state index in [-0.39, 0.29) is 17.5 Å². The molecular formula is C18H15ClF2N4OS. The highest BCUT2D eigenvalue weighted by molar-refractivity contribution is 8.14. The van der Waals surface area contributed by atoms with E-state index in [0.717, 1.165) is 12.2 Å². The number of aromatic nitrogens is 2. The second-order valence-corrected chi connectivity index (χ2v) is 7.58. The van der Waals surface area contributed by atoms with Crippen molar-refractivity contribution in [3.8, 4) is 11.5 Å². The number of pyridine rings is 1. The Morgan fingerprint density at radius 2 is 2.11 bits per heavy atom. The average Bonchev–Trinajstić information content (AvgIpc) is 3.00. The number of amidine groups is 1. The Balaban J connectivity index is 1.63. The van der Waals surface area contributed by atoms with E-state index in [4.69, 9.17) is 16.3 Å². The fourth-order valence-electron chi connectivity index (χ4n) is 2.73. The van der Waals surface area contributed by atoms with Crippen molar-refractivity contribution in [3.05, 3.63) is 47.2 Å². The van der Waals surface area contributed by atoms with Gasteiger partial charge in [-0.25, -0.2) is 13.8 Å². The van der Waals surface area contributed by atoms with Gasteiger partial charge in [-0.3, -0.25) is 4.99 Å². The summed E-state index contributed by atoms with van der Waals surface area (Å²) in [5.41, 5.74) is 0.746. The third-order valence-corrected chi connectivity index (χ3v) is 5.28. The lowest BCUT2D eigenvalue weighted by molar-refractivity contribution is 0.411. The fraction of sp³-hybridized carbons (Fsp3) is 0.222. The van der Waals surface area contributed by atoms with Gasteiger partial charge in [0.15, 0.2) is 22.6 Å². The maximum absolute atomic E-state index is 14.5. The van der Waals surface area contributed by atoms with Crippen molar-refractivity contribution in [2.24, 2.45) is 4.99 Å². The van der Waals surface area contributed by atoms with Gasteiger partial charge in [0, 0.05) is 36.0 Å². The molecule has 0 saturated carbocycles. The number of hydrogen-bond acceptors (Lipinski definition) is 5. The van der Waals surface area contributed by atoms with Gasteiger partial charge in [-0.1, -0.05) is 23.4 Å². The van der Waals surface area contributed by atoms with E-state index in [1.165, 1.54) is 42.4 Å². The Morgan fingerprint density at radius 1 is 1.33 bits per heavy atom. The molecule has 0 bridgehead atoms. The minimum absolute atomic E-state index is 0.186. The van der Waals surface area contributed by atoms with Crippen LogP contribution in [-0.4, -0.2) is 26.9 Å². The molecule has 0 amide bonds. The van der Waals surface area contributed by atoms with E-state index < -0.39 is 17.4 Å². The first-order chi connectivity index (χ1) is 13.0. The van der Waals surface area contributed by atoms with Gasteiger partial charge in [0.25, 0.3) is 0 Å². The number of benzene rings is 1. The summed E-state index contributed by atoms with van der Waals surface area (Å²) < 4.78 is 34.6. The summed E-state index contributed by atoms with van der Waals surface area (Å²) in [5.74, 6) is -1.04. The molecule has 1 aromatic carbocycles. The SMILES string of the molecule is C[C@@H]1CCSC(Nc2cc(F)c(Oc3ccnc4[nH]cc(Cl)c34)c(F)c2)=N1. The van der Waals surface area contributed by atoms with Crippen LogP contribution in [0.2, 0.25) is 5.02 Å². The van der Waals surface area contributed by atoms with Crippen LogP contribution < -0.4 is 10.1 Å². The van der Waals surface area contributed by atoms with E-state index in [9.17, 15) is 8.78 Å². The molecule has 4 rings (SSSR count). The Hall–Kier alpha value is -2.32. The summed E-state index contributed by atoms with van der Waals surface area (Å²) in [5, 5.41) is 4.42. The molecule has 3 aromatic rings. The van der Waals surface area contributed by atoms with Crippen LogP contribution in [-0.2, 0) is 0 Å². The van der Waals surface area contributed by atoms with Crippen LogP contribution in [0, 0.1) is 11.6 Å². The Labute approximate surface area is 163 Å². The number of anilines is 1. The summed E-state index contributed by atoms with van der Waals surface area (Å²) in [6.07, 6.45) is 3.98. The number of fused-ring (bicyclic) bond motifs is 1. The molecule has 2 N–H and O–H groups in total. The first kappa shape index (κ1) is 18.1. The Kier molecular flexibility index (Phi) is 4.92. The van der Waals surface area contributed by atoms with Crippen LogP contribution in [0.1, 0.15) is 13.3 Å². The molecule has 1 aliphatic heterocycles. The van der Waals surface area contributed by atoms with Crippen LogP contribution in [0.15, 0.2) is 35.6 Å². The Bertz CT molecular complexity index is 1020. The monoisotopic (exact) mass is 408 g/mol. The Morgan fingerprint density at radius 3 is 2.85 bits per heavy atom. The molecule has 0 aliphatic carbocycles. The number of thioether (sulfide) groups is 1. The highest BCUT2D eigenvalue weighted by Gasteiger charge is 2.18. The number of H-pyrrole nitrogens is 1. The van der Waals surface area contributed by atoms with Crippen LogP contribution in [0.3, 0.4) is 0 Å². The molecule has 0 saturated heterocycles. The zero-order chi connectivity index (χ0) is 19.0. The number of halogens is 3. The largest absolute Gasteiger partial charge is 0.450 e. The van der Waals surface area contributed by atoms with E-state index in [1.807, 2.05) is 6.92 Å². The summed E-state index contributed by atoms with van der Waals surface area (Å²) in [4.78, 5) is 11.4. The summed E-state index contributed by atoms with van der Waals surface area (Å²) in [7, 11) is 0. The number of aliphatic imine (C=N–C) groups is 1. The van der Waals surface area contributed by atoms with E-state index in [1.54, 1.807) is 0 Å². The van der Waals surface area contributed by atoms with Gasteiger partial charge >= 0.3 is 0 Å². The zero-order valence-corrected chi connectivity index (χ0v) is 15.8. The standard InChI is InChI=1S/C18H15ClF2N4OS/c1-9-3-5-27-18(24-9)25-10-6-12(20)16(13(21)7-10)26-14-2-4-22-17-15(14)11(19)8-23-17/h2,4,6-9H,3,5H2,1H3,(H,22,23)(H,24,25)/t9-/m1/s1. The fourth-order valence-corrected chi connectivity index (χ4v) is 4.07. The maximum atomic E-state index is 14.5. The van der Waals surface area contributed by atoms with Crippen LogP contribution in [0.5, 0.6) is 11.5 Å². The van der Waals surface area contributed by atoms with Gasteiger partial charge < -0.3 is 15.0 Å². The first-order valence-electron chi connectivity index (χ1n) is 8.27. The lowest BCUT2D eigenvalue weighted by Crippen LogP contribution is -2.18. The minimum Gasteiger partial charge on any atom is -0.450 e. The molecule has 0 spiro atoms. The quantitative estimate of drug-likeness (QED) is 0.593. The molecule has 1 atom stereocenters. The summed E-state index contributed by atoms with van der Waals surface area (Å²) in [6.45, 7) is 2.00. The third-order valence-electron chi connectivity index (χ3n) is 4.06. The van der Waals surface area contributed by atoms with E-state index in [2.05, 4.69) is 20.3 Å². The van der Waals surface area contributed by atoms with Crippen molar-refractivity contribution in [1.82, 2.24) is 9.97 Å². The van der Waals surface area contributed by atoms with Gasteiger partial charge in [0.05, 0.1) is 16.5 Å². The molecular weight excluding hydrogens is 394 g/mol. The van der Waals surface area contributed by atoms with Crippen molar-refractivity contribution in [1.29, 1.82) is 0 Å². The van der Waals surface area contributed by atoms with Crippen molar-refractivity contribution in [2.45, 2.75) is 19.4 Å². The molecule has 2 aromatic heterocycles. The van der Waals surface area contributed by atoms with Crippen molar-refractivity contribution in [2.75, 3.05) is 11.1 Å². The highest BCUT2D eigenvalue weighted by Crippen LogP contribution is 2.36. The normalized spacial score (nSPS) is 17.0. The molecule has 9 heteroatoms. The second kappa shape index (κ2) is 7.36. The number of hydrogen-bond donors (Lipinski definition) is 2. The predicted molar refractivity (Wildman–Crippen MR) is 105 cm³/mol. The van der Waals surface area contributed by atoms with Gasteiger partial charge in [0.1, 0.15) is 11.4 Å². The molecule has 0 unspecified atom stereocenters. The number of aromatic amines is 1. The predicted octanol–water partition coefficient (Wildman–Crippen LogP) is 5.58. The van der Waals surface area contributed by atoms with Crippen LogP contribution >= 0.6 is 23.4 Å². The van der Waals surface area contributed by atoms with Gasteiger partial charge in [0.2, 0.25) is 0 Å². The number of nitrogens with one attached hydrogen (secondary N) is 2. The molecule has 1 aliphatic rings. The average molecular weight is 409 g/mol. The van der Waals surface area contributed by atoms with Crippen molar-refractivity contribution in [3.63, 3.8) is 0 Å². The topological polar surface area (TPSA) is 62.3 Å². The molecule has 27 heavy (non-hydrogen) atoms. The van der Waals surface area contributed by atoms with Gasteiger partial charge in [-0.2, -0.15) is 0 Å².